The fraction of sp³-hybridized carbons (Fsp3) is 0.875. The Balaban J connectivity index is 3.84. The highest BCUT2D eigenvalue weighted by atomic mass is 32.2. The predicted octanol–water partition coefficient (Wildman–Crippen LogP) is -0.738. The Morgan fingerprint density at radius 3 is 2.43 bits per heavy atom. The van der Waals surface area contributed by atoms with Crippen molar-refractivity contribution < 1.29 is 18.3 Å². The standard InChI is InChI=1S/C8H17NO4S/c1-9(5-7-14(2,12)13)8(11)4-3-6-10/h10H,3-7H2,1-2H3. The molecule has 0 rings (SSSR count). The van der Waals surface area contributed by atoms with Crippen LogP contribution in [-0.4, -0.2) is 56.5 Å². The molecular weight excluding hydrogens is 206 g/mol. The third kappa shape index (κ3) is 6.85. The lowest BCUT2D eigenvalue weighted by Gasteiger charge is -2.15. The molecule has 0 aromatic rings. The smallest absolute Gasteiger partial charge is 0.222 e. The van der Waals surface area contributed by atoms with Crippen LogP contribution in [0.25, 0.3) is 0 Å². The van der Waals surface area contributed by atoms with Gasteiger partial charge in [-0.1, -0.05) is 0 Å². The first kappa shape index (κ1) is 13.4. The largest absolute Gasteiger partial charge is 0.396 e. The van der Waals surface area contributed by atoms with Gasteiger partial charge in [0.15, 0.2) is 0 Å². The molecule has 1 amide bonds. The molecule has 5 nitrogen and oxygen atoms in total. The van der Waals surface area contributed by atoms with Gasteiger partial charge in [0.05, 0.1) is 5.75 Å². The van der Waals surface area contributed by atoms with Crippen molar-refractivity contribution in [3.05, 3.63) is 0 Å². The van der Waals surface area contributed by atoms with Crippen LogP contribution in [0.2, 0.25) is 0 Å². The zero-order valence-corrected chi connectivity index (χ0v) is 9.38. The SMILES string of the molecule is CN(CCS(C)(=O)=O)C(=O)CCCO. The van der Waals surface area contributed by atoms with Crippen molar-refractivity contribution in [2.24, 2.45) is 0 Å². The predicted molar refractivity (Wildman–Crippen MR) is 53.7 cm³/mol. The van der Waals surface area contributed by atoms with Gasteiger partial charge in [-0.15, -0.1) is 0 Å². The molecule has 84 valence electrons. The van der Waals surface area contributed by atoms with E-state index in [0.717, 1.165) is 6.26 Å². The fourth-order valence-corrected chi connectivity index (χ4v) is 1.45. The minimum atomic E-state index is -3.02. The van der Waals surface area contributed by atoms with Crippen LogP contribution in [0.4, 0.5) is 0 Å². The van der Waals surface area contributed by atoms with E-state index >= 15 is 0 Å². The maximum atomic E-state index is 11.2. The van der Waals surface area contributed by atoms with E-state index in [-0.39, 0.29) is 31.2 Å². The van der Waals surface area contributed by atoms with Crippen molar-refractivity contribution in [3.8, 4) is 0 Å². The molecule has 0 aromatic carbocycles. The van der Waals surface area contributed by atoms with Crippen molar-refractivity contribution in [2.45, 2.75) is 12.8 Å². The van der Waals surface area contributed by atoms with Crippen LogP contribution in [0.15, 0.2) is 0 Å². The summed E-state index contributed by atoms with van der Waals surface area (Å²) in [5.74, 6) is -0.156. The van der Waals surface area contributed by atoms with Crippen molar-refractivity contribution >= 4 is 15.7 Å². The maximum Gasteiger partial charge on any atom is 0.222 e. The van der Waals surface area contributed by atoms with E-state index in [0.29, 0.717) is 6.42 Å². The Morgan fingerprint density at radius 1 is 1.43 bits per heavy atom. The summed E-state index contributed by atoms with van der Waals surface area (Å²) in [6, 6.07) is 0. The summed E-state index contributed by atoms with van der Waals surface area (Å²) in [4.78, 5) is 12.6. The Kier molecular flexibility index (Phi) is 5.71. The average Bonchev–Trinajstić information content (AvgIpc) is 2.09. The first-order valence-corrected chi connectivity index (χ1v) is 6.45. The van der Waals surface area contributed by atoms with Gasteiger partial charge in [0.25, 0.3) is 0 Å². The molecule has 0 bridgehead atoms. The highest BCUT2D eigenvalue weighted by Crippen LogP contribution is 1.95. The van der Waals surface area contributed by atoms with Crippen LogP contribution in [0.1, 0.15) is 12.8 Å². The van der Waals surface area contributed by atoms with Crippen LogP contribution < -0.4 is 0 Å². The number of aliphatic hydroxyl groups is 1. The van der Waals surface area contributed by atoms with Crippen molar-refractivity contribution in [1.29, 1.82) is 0 Å². The number of amides is 1. The van der Waals surface area contributed by atoms with E-state index in [1.165, 1.54) is 4.90 Å². The summed E-state index contributed by atoms with van der Waals surface area (Å²) < 4.78 is 21.6. The van der Waals surface area contributed by atoms with Gasteiger partial charge in [0.2, 0.25) is 5.91 Å². The van der Waals surface area contributed by atoms with Crippen LogP contribution in [0.5, 0.6) is 0 Å². The van der Waals surface area contributed by atoms with Crippen LogP contribution in [0.3, 0.4) is 0 Å². The van der Waals surface area contributed by atoms with E-state index in [1.54, 1.807) is 7.05 Å². The van der Waals surface area contributed by atoms with E-state index in [4.69, 9.17) is 5.11 Å². The monoisotopic (exact) mass is 223 g/mol. The summed E-state index contributed by atoms with van der Waals surface area (Å²) in [6.07, 6.45) is 1.82. The van der Waals surface area contributed by atoms with E-state index in [2.05, 4.69) is 0 Å². The number of carbonyl (C=O) groups excluding carboxylic acids is 1. The minimum absolute atomic E-state index is 0.0195. The molecule has 0 aliphatic carbocycles. The molecule has 0 unspecified atom stereocenters. The minimum Gasteiger partial charge on any atom is -0.396 e. The second-order valence-corrected chi connectivity index (χ2v) is 5.53. The molecule has 14 heavy (non-hydrogen) atoms. The summed E-state index contributed by atoms with van der Waals surface area (Å²) in [7, 11) is -1.46. The molecule has 0 fully saturated rings. The Bertz CT molecular complexity index is 273. The summed E-state index contributed by atoms with van der Waals surface area (Å²) >= 11 is 0. The number of hydrogen-bond acceptors (Lipinski definition) is 4. The molecule has 0 saturated heterocycles. The molecule has 0 aliphatic rings. The molecule has 0 spiro atoms. The molecule has 0 aliphatic heterocycles. The average molecular weight is 223 g/mol. The fourth-order valence-electron chi connectivity index (χ4n) is 0.849. The van der Waals surface area contributed by atoms with Crippen LogP contribution in [0, 0.1) is 0 Å². The molecule has 1 N–H and O–H groups in total. The molecule has 6 heteroatoms. The van der Waals surface area contributed by atoms with Gasteiger partial charge in [-0.2, -0.15) is 0 Å². The van der Waals surface area contributed by atoms with Gasteiger partial charge in [0.1, 0.15) is 9.84 Å². The second-order valence-electron chi connectivity index (χ2n) is 3.27. The molecule has 0 radical (unpaired) electrons. The molecule has 0 atom stereocenters. The van der Waals surface area contributed by atoms with Crippen molar-refractivity contribution in [2.75, 3.05) is 32.2 Å². The first-order chi connectivity index (χ1) is 6.37. The first-order valence-electron chi connectivity index (χ1n) is 4.39. The van der Waals surface area contributed by atoms with Crippen molar-refractivity contribution in [1.82, 2.24) is 4.90 Å². The van der Waals surface area contributed by atoms with Gasteiger partial charge in [-0.25, -0.2) is 8.42 Å². The van der Waals surface area contributed by atoms with Gasteiger partial charge in [0, 0.05) is 32.9 Å². The number of sulfone groups is 1. The molecule has 0 saturated carbocycles. The number of carbonyl (C=O) groups is 1. The molecule has 0 heterocycles. The zero-order chi connectivity index (χ0) is 11.2. The topological polar surface area (TPSA) is 74.7 Å². The van der Waals surface area contributed by atoms with Crippen LogP contribution >= 0.6 is 0 Å². The van der Waals surface area contributed by atoms with Gasteiger partial charge >= 0.3 is 0 Å². The number of hydrogen-bond donors (Lipinski definition) is 1. The lowest BCUT2D eigenvalue weighted by atomic mass is 10.3. The normalized spacial score (nSPS) is 11.4. The van der Waals surface area contributed by atoms with Gasteiger partial charge < -0.3 is 10.0 Å². The van der Waals surface area contributed by atoms with Gasteiger partial charge in [-0.05, 0) is 6.42 Å². The van der Waals surface area contributed by atoms with Gasteiger partial charge in [-0.3, -0.25) is 4.79 Å². The number of aliphatic hydroxyl groups excluding tert-OH is 1. The van der Waals surface area contributed by atoms with Crippen molar-refractivity contribution in [3.63, 3.8) is 0 Å². The Hall–Kier alpha value is -0.620. The number of rotatable bonds is 6. The maximum absolute atomic E-state index is 11.2. The molecule has 0 aromatic heterocycles. The summed E-state index contributed by atoms with van der Waals surface area (Å²) in [5.41, 5.74) is 0. The van der Waals surface area contributed by atoms with E-state index < -0.39 is 9.84 Å². The lowest BCUT2D eigenvalue weighted by molar-refractivity contribution is -0.129. The Morgan fingerprint density at radius 2 is 2.00 bits per heavy atom. The summed E-state index contributed by atoms with van der Waals surface area (Å²) in [6.45, 7) is 0.189. The molecular formula is C8H17NO4S. The summed E-state index contributed by atoms with van der Waals surface area (Å²) in [5, 5.41) is 8.49. The van der Waals surface area contributed by atoms with E-state index in [9.17, 15) is 13.2 Å². The number of nitrogens with zero attached hydrogens (tertiary/aromatic N) is 1. The third-order valence-electron chi connectivity index (χ3n) is 1.77. The Labute approximate surface area is 84.6 Å². The van der Waals surface area contributed by atoms with E-state index in [1.807, 2.05) is 0 Å². The third-order valence-corrected chi connectivity index (χ3v) is 2.70. The van der Waals surface area contributed by atoms with Crippen LogP contribution in [-0.2, 0) is 14.6 Å². The lowest BCUT2D eigenvalue weighted by Crippen LogP contribution is -2.31. The highest BCUT2D eigenvalue weighted by molar-refractivity contribution is 7.90. The zero-order valence-electron chi connectivity index (χ0n) is 8.56. The quantitative estimate of drug-likeness (QED) is 0.643. The highest BCUT2D eigenvalue weighted by Gasteiger charge is 2.10. The second kappa shape index (κ2) is 5.98.